The maximum Gasteiger partial charge on any atom is 0.0678 e. The van der Waals surface area contributed by atoms with E-state index < -0.39 is 0 Å². The van der Waals surface area contributed by atoms with E-state index in [1.54, 1.807) is 0 Å². The fourth-order valence-electron chi connectivity index (χ4n) is 3.55. The zero-order chi connectivity index (χ0) is 15.2. The Kier molecular flexibility index (Phi) is 3.40. The molecule has 1 atom stereocenters. The van der Waals surface area contributed by atoms with Crippen molar-refractivity contribution in [2.24, 2.45) is 5.41 Å². The summed E-state index contributed by atoms with van der Waals surface area (Å²) in [6, 6.07) is 6.99. The van der Waals surface area contributed by atoms with Crippen LogP contribution in [0.1, 0.15) is 48.7 Å². The average molecular weight is 283 g/mol. The van der Waals surface area contributed by atoms with Gasteiger partial charge in [0.2, 0.25) is 0 Å². The van der Waals surface area contributed by atoms with Gasteiger partial charge in [0.05, 0.1) is 11.9 Å². The van der Waals surface area contributed by atoms with Gasteiger partial charge in [-0.05, 0) is 50.8 Å². The maximum atomic E-state index is 4.70. The van der Waals surface area contributed by atoms with E-state index >= 15 is 0 Å². The van der Waals surface area contributed by atoms with Crippen LogP contribution in [-0.2, 0) is 6.42 Å². The third-order valence-corrected chi connectivity index (χ3v) is 4.61. The van der Waals surface area contributed by atoms with Gasteiger partial charge in [-0.1, -0.05) is 31.5 Å². The van der Waals surface area contributed by atoms with Crippen molar-refractivity contribution in [1.29, 1.82) is 0 Å². The molecule has 0 aliphatic heterocycles. The molecule has 1 aromatic carbocycles. The van der Waals surface area contributed by atoms with Crippen molar-refractivity contribution in [3.05, 3.63) is 46.8 Å². The third kappa shape index (κ3) is 2.51. The molecule has 0 radical (unpaired) electrons. The summed E-state index contributed by atoms with van der Waals surface area (Å²) < 4.78 is 2.15. The molecule has 1 aromatic heterocycles. The zero-order valence-corrected chi connectivity index (χ0v) is 13.7. The van der Waals surface area contributed by atoms with E-state index in [2.05, 4.69) is 55.9 Å². The number of hydrogen-bond acceptors (Lipinski definition) is 2. The highest BCUT2D eigenvalue weighted by atomic mass is 15.3. The monoisotopic (exact) mass is 283 g/mol. The van der Waals surface area contributed by atoms with Crippen LogP contribution in [0.2, 0.25) is 0 Å². The van der Waals surface area contributed by atoms with Gasteiger partial charge in [-0.2, -0.15) is 5.10 Å². The lowest BCUT2D eigenvalue weighted by Crippen LogP contribution is -2.32. The van der Waals surface area contributed by atoms with Crippen LogP contribution in [0.15, 0.2) is 24.4 Å². The molecule has 1 unspecified atom stereocenters. The summed E-state index contributed by atoms with van der Waals surface area (Å²) >= 11 is 0. The van der Waals surface area contributed by atoms with E-state index in [9.17, 15) is 0 Å². The minimum Gasteiger partial charge on any atom is -0.313 e. The molecule has 21 heavy (non-hydrogen) atoms. The number of rotatable bonds is 2. The first-order chi connectivity index (χ1) is 9.91. The normalized spacial score (nSPS) is 20.3. The van der Waals surface area contributed by atoms with Gasteiger partial charge in [0.15, 0.2) is 0 Å². The molecule has 1 N–H and O–H groups in total. The molecule has 1 aliphatic rings. The Morgan fingerprint density at radius 1 is 1.29 bits per heavy atom. The van der Waals surface area contributed by atoms with Crippen LogP contribution >= 0.6 is 0 Å². The Balaban J connectivity index is 2.12. The third-order valence-electron chi connectivity index (χ3n) is 4.61. The highest BCUT2D eigenvalue weighted by Gasteiger charge is 2.34. The summed E-state index contributed by atoms with van der Waals surface area (Å²) in [4.78, 5) is 0. The quantitative estimate of drug-likeness (QED) is 0.910. The van der Waals surface area contributed by atoms with Crippen LogP contribution in [0.4, 0.5) is 0 Å². The summed E-state index contributed by atoms with van der Waals surface area (Å²) in [6.07, 6.45) is 4.29. The van der Waals surface area contributed by atoms with Gasteiger partial charge < -0.3 is 5.32 Å². The number of benzene rings is 1. The van der Waals surface area contributed by atoms with Crippen LogP contribution in [0.25, 0.3) is 5.69 Å². The number of aromatic nitrogens is 2. The van der Waals surface area contributed by atoms with Crippen molar-refractivity contribution in [3.63, 3.8) is 0 Å². The molecule has 0 saturated carbocycles. The molecule has 3 heteroatoms. The molecular weight excluding hydrogens is 258 g/mol. The Labute approximate surface area is 127 Å². The average Bonchev–Trinajstić information content (AvgIpc) is 2.80. The van der Waals surface area contributed by atoms with E-state index in [4.69, 9.17) is 5.10 Å². The number of fused-ring (bicyclic) bond motifs is 1. The number of aryl methyl sites for hydroxylation is 2. The molecule has 0 bridgehead atoms. The summed E-state index contributed by atoms with van der Waals surface area (Å²) in [5.41, 5.74) is 6.80. The fraction of sp³-hybridized carbons (Fsp3) is 0.500. The molecule has 0 saturated heterocycles. The lowest BCUT2D eigenvalue weighted by Gasteiger charge is -2.35. The Bertz CT molecular complexity index is 667. The van der Waals surface area contributed by atoms with E-state index in [0.717, 1.165) is 12.8 Å². The van der Waals surface area contributed by atoms with Crippen molar-refractivity contribution in [2.75, 3.05) is 7.05 Å². The topological polar surface area (TPSA) is 29.9 Å². The van der Waals surface area contributed by atoms with Gasteiger partial charge >= 0.3 is 0 Å². The lowest BCUT2D eigenvalue weighted by atomic mass is 9.74. The minimum atomic E-state index is 0.303. The van der Waals surface area contributed by atoms with E-state index in [1.165, 1.54) is 28.1 Å². The summed E-state index contributed by atoms with van der Waals surface area (Å²) in [5.74, 6) is 0. The van der Waals surface area contributed by atoms with Crippen molar-refractivity contribution in [3.8, 4) is 5.69 Å². The van der Waals surface area contributed by atoms with Crippen LogP contribution < -0.4 is 5.32 Å². The second-order valence-electron chi connectivity index (χ2n) is 7.13. The largest absolute Gasteiger partial charge is 0.313 e. The molecule has 1 heterocycles. The summed E-state index contributed by atoms with van der Waals surface area (Å²) in [7, 11) is 2.05. The van der Waals surface area contributed by atoms with Crippen LogP contribution in [0.3, 0.4) is 0 Å². The van der Waals surface area contributed by atoms with Crippen molar-refractivity contribution in [1.82, 2.24) is 15.1 Å². The predicted molar refractivity (Wildman–Crippen MR) is 86.9 cm³/mol. The van der Waals surface area contributed by atoms with E-state index in [0.29, 0.717) is 11.5 Å². The van der Waals surface area contributed by atoms with E-state index in [1.807, 2.05) is 13.2 Å². The van der Waals surface area contributed by atoms with Crippen LogP contribution in [-0.4, -0.2) is 16.8 Å². The first kappa shape index (κ1) is 14.3. The Morgan fingerprint density at radius 2 is 2.05 bits per heavy atom. The summed E-state index contributed by atoms with van der Waals surface area (Å²) in [5, 5.41) is 8.15. The second-order valence-corrected chi connectivity index (χ2v) is 7.13. The zero-order valence-electron chi connectivity index (χ0n) is 13.7. The molecular formula is C18H25N3. The van der Waals surface area contributed by atoms with Gasteiger partial charge in [0.25, 0.3) is 0 Å². The molecule has 112 valence electrons. The fourth-order valence-corrected chi connectivity index (χ4v) is 3.55. The first-order valence-electron chi connectivity index (χ1n) is 7.73. The minimum absolute atomic E-state index is 0.303. The molecule has 1 aliphatic carbocycles. The smallest absolute Gasteiger partial charge is 0.0678 e. The van der Waals surface area contributed by atoms with Crippen LogP contribution in [0.5, 0.6) is 0 Å². The Hall–Kier alpha value is -1.61. The molecule has 2 aromatic rings. The van der Waals surface area contributed by atoms with Crippen LogP contribution in [0, 0.1) is 19.3 Å². The lowest BCUT2D eigenvalue weighted by molar-refractivity contribution is 0.260. The number of nitrogens with zero attached hydrogens (tertiary/aromatic N) is 2. The molecule has 3 nitrogen and oxygen atoms in total. The highest BCUT2D eigenvalue weighted by Crippen LogP contribution is 2.41. The Morgan fingerprint density at radius 3 is 2.71 bits per heavy atom. The highest BCUT2D eigenvalue weighted by molar-refractivity contribution is 5.45. The molecule has 0 amide bonds. The standard InChI is InChI=1S/C18H25N3/c1-12-6-7-16(13(2)8-12)21-17-10-18(3,4)9-15(19-5)14(17)11-20-21/h6-8,11,15,19H,9-10H2,1-5H3. The van der Waals surface area contributed by atoms with Gasteiger partial charge in [-0.3, -0.25) is 0 Å². The molecule has 0 fully saturated rings. The first-order valence-corrected chi connectivity index (χ1v) is 7.73. The SMILES string of the molecule is CNC1CC(C)(C)Cc2c1cnn2-c1ccc(C)cc1C. The van der Waals surface area contributed by atoms with E-state index in [-0.39, 0.29) is 0 Å². The number of nitrogens with one attached hydrogen (secondary N) is 1. The number of hydrogen-bond donors (Lipinski definition) is 1. The van der Waals surface area contributed by atoms with Gasteiger partial charge in [0, 0.05) is 17.3 Å². The second kappa shape index (κ2) is 4.99. The maximum absolute atomic E-state index is 4.70. The molecule has 0 spiro atoms. The predicted octanol–water partition coefficient (Wildman–Crippen LogP) is 3.72. The van der Waals surface area contributed by atoms with Crippen molar-refractivity contribution >= 4 is 0 Å². The van der Waals surface area contributed by atoms with Gasteiger partial charge in [-0.15, -0.1) is 0 Å². The van der Waals surface area contributed by atoms with Gasteiger partial charge in [0.1, 0.15) is 0 Å². The molecule has 3 rings (SSSR count). The van der Waals surface area contributed by atoms with Crippen molar-refractivity contribution in [2.45, 2.75) is 46.6 Å². The van der Waals surface area contributed by atoms with Crippen molar-refractivity contribution < 1.29 is 0 Å². The van der Waals surface area contributed by atoms with Gasteiger partial charge in [-0.25, -0.2) is 4.68 Å². The summed E-state index contributed by atoms with van der Waals surface area (Å²) in [6.45, 7) is 8.99.